The Balaban J connectivity index is 2.28. The summed E-state index contributed by atoms with van der Waals surface area (Å²) in [4.78, 5) is 12.3. The molecule has 0 unspecified atom stereocenters. The van der Waals surface area contributed by atoms with E-state index in [0.29, 0.717) is 17.5 Å². The largest absolute Gasteiger partial charge is 0.394 e. The van der Waals surface area contributed by atoms with Crippen molar-refractivity contribution in [1.29, 1.82) is 0 Å². The summed E-state index contributed by atoms with van der Waals surface area (Å²) in [7, 11) is 0. The van der Waals surface area contributed by atoms with E-state index in [1.165, 1.54) is 5.56 Å². The first-order valence-electron chi connectivity index (χ1n) is 8.46. The topological polar surface area (TPSA) is 55.0 Å². The fourth-order valence-corrected chi connectivity index (χ4v) is 3.35. The second kappa shape index (κ2) is 8.38. The second-order valence-corrected chi connectivity index (χ2v) is 8.09. The molecule has 2 N–H and O–H groups in total. The van der Waals surface area contributed by atoms with E-state index < -0.39 is 0 Å². The second-order valence-electron chi connectivity index (χ2n) is 7.02. The van der Waals surface area contributed by atoms with Crippen molar-refractivity contribution in [2.75, 3.05) is 23.7 Å². The lowest BCUT2D eigenvalue weighted by molar-refractivity contribution is 0.548. The van der Waals surface area contributed by atoms with Gasteiger partial charge >= 0.3 is 0 Å². The Morgan fingerprint density at radius 3 is 2.12 bits per heavy atom. The van der Waals surface area contributed by atoms with Crippen molar-refractivity contribution in [2.24, 2.45) is 11.8 Å². The zero-order valence-corrected chi connectivity index (χ0v) is 16.1. The van der Waals surface area contributed by atoms with Gasteiger partial charge in [-0.2, -0.15) is 0 Å². The van der Waals surface area contributed by atoms with Crippen molar-refractivity contribution in [3.63, 3.8) is 0 Å². The summed E-state index contributed by atoms with van der Waals surface area (Å²) in [5.41, 5.74) is 8.34. The first kappa shape index (κ1) is 18.6. The maximum Gasteiger partial charge on any atom is 0.156 e. The van der Waals surface area contributed by atoms with Crippen LogP contribution in [0.1, 0.15) is 33.3 Å². The van der Waals surface area contributed by atoms with Crippen LogP contribution >= 0.6 is 11.8 Å². The highest BCUT2D eigenvalue weighted by atomic mass is 32.2. The molecule has 2 rings (SSSR count). The SMILES string of the molecule is Cc1ccc(Sc2ncnc(N(CC(C)C)CC(C)C)c2N)cc1. The number of benzene rings is 1. The fourth-order valence-electron chi connectivity index (χ4n) is 2.55. The Hall–Kier alpha value is -1.75. The molecule has 1 aromatic carbocycles. The van der Waals surface area contributed by atoms with Gasteiger partial charge in [-0.25, -0.2) is 9.97 Å². The highest BCUT2D eigenvalue weighted by Gasteiger charge is 2.18. The summed E-state index contributed by atoms with van der Waals surface area (Å²) in [6.07, 6.45) is 1.62. The molecule has 0 aliphatic heterocycles. The van der Waals surface area contributed by atoms with Crippen LogP contribution in [0.15, 0.2) is 40.5 Å². The molecule has 0 saturated carbocycles. The number of rotatable bonds is 7. The van der Waals surface area contributed by atoms with Gasteiger partial charge in [-0.15, -0.1) is 0 Å². The number of aryl methyl sites for hydroxylation is 1. The smallest absolute Gasteiger partial charge is 0.156 e. The summed E-state index contributed by atoms with van der Waals surface area (Å²) in [6.45, 7) is 12.8. The Kier molecular flexibility index (Phi) is 6.49. The predicted molar refractivity (Wildman–Crippen MR) is 104 cm³/mol. The Morgan fingerprint density at radius 2 is 1.58 bits per heavy atom. The van der Waals surface area contributed by atoms with Crippen LogP contribution in [-0.4, -0.2) is 23.1 Å². The van der Waals surface area contributed by atoms with Gasteiger partial charge in [0.05, 0.1) is 0 Å². The average Bonchev–Trinajstić information content (AvgIpc) is 2.50. The summed E-state index contributed by atoms with van der Waals surface area (Å²) in [6, 6.07) is 8.40. The number of hydrogen-bond acceptors (Lipinski definition) is 5. The number of nitrogens with zero attached hydrogens (tertiary/aromatic N) is 3. The van der Waals surface area contributed by atoms with Crippen molar-refractivity contribution in [3.8, 4) is 0 Å². The summed E-state index contributed by atoms with van der Waals surface area (Å²) < 4.78 is 0. The van der Waals surface area contributed by atoms with Crippen molar-refractivity contribution < 1.29 is 0 Å². The van der Waals surface area contributed by atoms with E-state index >= 15 is 0 Å². The molecule has 5 heteroatoms. The van der Waals surface area contributed by atoms with Gasteiger partial charge in [0.2, 0.25) is 0 Å². The molecule has 0 radical (unpaired) electrons. The van der Waals surface area contributed by atoms with Crippen molar-refractivity contribution in [3.05, 3.63) is 36.2 Å². The van der Waals surface area contributed by atoms with Crippen LogP contribution < -0.4 is 10.6 Å². The van der Waals surface area contributed by atoms with E-state index in [1.54, 1.807) is 18.1 Å². The maximum absolute atomic E-state index is 6.43. The third kappa shape index (κ3) is 5.13. The van der Waals surface area contributed by atoms with Crippen LogP contribution in [0, 0.1) is 18.8 Å². The van der Waals surface area contributed by atoms with Crippen LogP contribution in [0.5, 0.6) is 0 Å². The Morgan fingerprint density at radius 1 is 1.00 bits per heavy atom. The first-order chi connectivity index (χ1) is 11.4. The lowest BCUT2D eigenvalue weighted by atomic mass is 10.1. The number of nitrogens with two attached hydrogens (primary N) is 1. The zero-order valence-electron chi connectivity index (χ0n) is 15.3. The molecule has 0 saturated heterocycles. The summed E-state index contributed by atoms with van der Waals surface area (Å²) >= 11 is 1.59. The molecule has 0 aliphatic carbocycles. The number of hydrogen-bond donors (Lipinski definition) is 1. The molecule has 1 heterocycles. The van der Waals surface area contributed by atoms with Crippen LogP contribution in [0.3, 0.4) is 0 Å². The fraction of sp³-hybridized carbons (Fsp3) is 0.474. The van der Waals surface area contributed by atoms with Crippen molar-refractivity contribution in [1.82, 2.24) is 9.97 Å². The summed E-state index contributed by atoms with van der Waals surface area (Å²) in [5.74, 6) is 1.94. The van der Waals surface area contributed by atoms with Gasteiger partial charge in [-0.1, -0.05) is 57.2 Å². The maximum atomic E-state index is 6.43. The first-order valence-corrected chi connectivity index (χ1v) is 9.28. The van der Waals surface area contributed by atoms with Gasteiger partial charge < -0.3 is 10.6 Å². The molecular formula is C19H28N4S. The molecule has 2 aromatic rings. The highest BCUT2D eigenvalue weighted by Crippen LogP contribution is 2.34. The monoisotopic (exact) mass is 344 g/mol. The number of anilines is 2. The molecule has 0 bridgehead atoms. The molecule has 0 fully saturated rings. The van der Waals surface area contributed by atoms with Crippen LogP contribution in [0.4, 0.5) is 11.5 Å². The molecule has 0 amide bonds. The molecule has 24 heavy (non-hydrogen) atoms. The molecule has 4 nitrogen and oxygen atoms in total. The van der Waals surface area contributed by atoms with Crippen molar-refractivity contribution in [2.45, 2.75) is 44.5 Å². The van der Waals surface area contributed by atoms with Gasteiger partial charge in [0.25, 0.3) is 0 Å². The molecule has 1 aromatic heterocycles. The van der Waals surface area contributed by atoms with E-state index in [9.17, 15) is 0 Å². The van der Waals surface area contributed by atoms with Gasteiger partial charge in [0.1, 0.15) is 17.0 Å². The van der Waals surface area contributed by atoms with E-state index in [1.807, 2.05) is 0 Å². The normalized spacial score (nSPS) is 11.3. The highest BCUT2D eigenvalue weighted by molar-refractivity contribution is 7.99. The third-order valence-electron chi connectivity index (χ3n) is 3.53. The van der Waals surface area contributed by atoms with E-state index in [0.717, 1.165) is 28.8 Å². The minimum atomic E-state index is 0.548. The molecule has 0 atom stereocenters. The van der Waals surface area contributed by atoms with Gasteiger partial charge in [0, 0.05) is 18.0 Å². The summed E-state index contributed by atoms with van der Waals surface area (Å²) in [5, 5.41) is 0.821. The lowest BCUT2D eigenvalue weighted by Gasteiger charge is -2.28. The Labute approximate surface area is 149 Å². The molecule has 0 aliphatic rings. The standard InChI is InChI=1S/C19H28N4S/c1-13(2)10-23(11-14(3)4)18-17(20)19(22-12-21-18)24-16-8-6-15(5)7-9-16/h6-9,12-14H,10-11,20H2,1-5H3. The molecule has 130 valence electrons. The average molecular weight is 345 g/mol. The minimum Gasteiger partial charge on any atom is -0.394 e. The quantitative estimate of drug-likeness (QED) is 0.742. The van der Waals surface area contributed by atoms with Crippen LogP contribution in [-0.2, 0) is 0 Å². The lowest BCUT2D eigenvalue weighted by Crippen LogP contribution is -2.32. The van der Waals surface area contributed by atoms with E-state index in [-0.39, 0.29) is 0 Å². The van der Waals surface area contributed by atoms with Gasteiger partial charge in [-0.3, -0.25) is 0 Å². The van der Waals surface area contributed by atoms with Crippen LogP contribution in [0.2, 0.25) is 0 Å². The van der Waals surface area contributed by atoms with Crippen LogP contribution in [0.25, 0.3) is 0 Å². The predicted octanol–water partition coefficient (Wildman–Crippen LogP) is 4.64. The van der Waals surface area contributed by atoms with Crippen molar-refractivity contribution >= 4 is 23.3 Å². The van der Waals surface area contributed by atoms with Gasteiger partial charge in [-0.05, 0) is 30.9 Å². The zero-order chi connectivity index (χ0) is 17.7. The number of aromatic nitrogens is 2. The van der Waals surface area contributed by atoms with E-state index in [2.05, 4.69) is 73.8 Å². The van der Waals surface area contributed by atoms with Gasteiger partial charge in [0.15, 0.2) is 5.82 Å². The molecule has 0 spiro atoms. The minimum absolute atomic E-state index is 0.548. The number of nitrogen functional groups attached to an aromatic ring is 1. The van der Waals surface area contributed by atoms with E-state index in [4.69, 9.17) is 5.73 Å². The third-order valence-corrected chi connectivity index (χ3v) is 4.56. The molecular weight excluding hydrogens is 316 g/mol. The Bertz CT molecular complexity index is 643.